The number of methoxy groups -OCH3 is 1. The molecule has 122 valence electrons. The van der Waals surface area contributed by atoms with Gasteiger partial charge in [0.05, 0.1) is 6.04 Å². The SMILES string of the molecule is COCCCNC(=O)N1CCCCC[C@H]1c1ccc(Cl)cc1. The highest BCUT2D eigenvalue weighted by Gasteiger charge is 2.26. The van der Waals surface area contributed by atoms with Gasteiger partial charge in [0.2, 0.25) is 0 Å². The van der Waals surface area contributed by atoms with Crippen molar-refractivity contribution in [2.45, 2.75) is 38.1 Å². The van der Waals surface area contributed by atoms with E-state index >= 15 is 0 Å². The van der Waals surface area contributed by atoms with Gasteiger partial charge in [-0.2, -0.15) is 0 Å². The Morgan fingerprint density at radius 3 is 2.82 bits per heavy atom. The van der Waals surface area contributed by atoms with Gasteiger partial charge in [-0.3, -0.25) is 0 Å². The Hall–Kier alpha value is -1.26. The Kier molecular flexibility index (Phi) is 7.00. The number of hydrogen-bond donors (Lipinski definition) is 1. The molecule has 0 saturated carbocycles. The van der Waals surface area contributed by atoms with Crippen molar-refractivity contribution in [3.63, 3.8) is 0 Å². The van der Waals surface area contributed by atoms with Crippen molar-refractivity contribution in [1.29, 1.82) is 0 Å². The number of likely N-dealkylation sites (tertiary alicyclic amines) is 1. The summed E-state index contributed by atoms with van der Waals surface area (Å²) in [6.07, 6.45) is 5.24. The molecule has 1 aromatic carbocycles. The van der Waals surface area contributed by atoms with E-state index in [9.17, 15) is 4.79 Å². The second kappa shape index (κ2) is 9.01. The molecule has 1 saturated heterocycles. The molecule has 22 heavy (non-hydrogen) atoms. The summed E-state index contributed by atoms with van der Waals surface area (Å²) in [4.78, 5) is 14.5. The minimum absolute atomic E-state index is 0.0259. The van der Waals surface area contributed by atoms with Gasteiger partial charge in [0.15, 0.2) is 0 Å². The lowest BCUT2D eigenvalue weighted by atomic mass is 10.0. The van der Waals surface area contributed by atoms with Crippen LogP contribution in [0.1, 0.15) is 43.7 Å². The number of amides is 2. The van der Waals surface area contributed by atoms with Crippen molar-refractivity contribution in [3.05, 3.63) is 34.9 Å². The van der Waals surface area contributed by atoms with Crippen LogP contribution in [0.25, 0.3) is 0 Å². The van der Waals surface area contributed by atoms with Gasteiger partial charge in [0.25, 0.3) is 0 Å². The van der Waals surface area contributed by atoms with Crippen molar-refractivity contribution in [3.8, 4) is 0 Å². The van der Waals surface area contributed by atoms with Gasteiger partial charge in [-0.1, -0.05) is 36.6 Å². The lowest BCUT2D eigenvalue weighted by Crippen LogP contribution is -2.42. The molecule has 0 radical (unpaired) electrons. The maximum atomic E-state index is 12.5. The number of nitrogens with one attached hydrogen (secondary N) is 1. The van der Waals surface area contributed by atoms with Crippen molar-refractivity contribution in [2.24, 2.45) is 0 Å². The molecule has 0 unspecified atom stereocenters. The molecule has 1 heterocycles. The van der Waals surface area contributed by atoms with Crippen LogP contribution in [-0.4, -0.2) is 37.7 Å². The minimum Gasteiger partial charge on any atom is -0.385 e. The molecule has 4 nitrogen and oxygen atoms in total. The van der Waals surface area contributed by atoms with Gasteiger partial charge in [0.1, 0.15) is 0 Å². The summed E-state index contributed by atoms with van der Waals surface area (Å²) < 4.78 is 5.01. The van der Waals surface area contributed by atoms with Crippen LogP contribution in [-0.2, 0) is 4.74 Å². The van der Waals surface area contributed by atoms with E-state index < -0.39 is 0 Å². The highest BCUT2D eigenvalue weighted by Crippen LogP contribution is 2.30. The minimum atomic E-state index is 0.0259. The summed E-state index contributed by atoms with van der Waals surface area (Å²) in [5, 5.41) is 3.74. The Morgan fingerprint density at radius 2 is 2.09 bits per heavy atom. The van der Waals surface area contributed by atoms with Crippen LogP contribution < -0.4 is 5.32 Å². The first-order chi connectivity index (χ1) is 10.7. The number of halogens is 1. The largest absolute Gasteiger partial charge is 0.385 e. The Morgan fingerprint density at radius 1 is 1.32 bits per heavy atom. The van der Waals surface area contributed by atoms with E-state index in [1.807, 2.05) is 29.2 Å². The first-order valence-corrected chi connectivity index (χ1v) is 8.39. The van der Waals surface area contributed by atoms with E-state index in [0.717, 1.165) is 37.3 Å². The van der Waals surface area contributed by atoms with Gasteiger partial charge in [-0.15, -0.1) is 0 Å². The zero-order chi connectivity index (χ0) is 15.8. The Balaban J connectivity index is 2.03. The standard InChI is InChI=1S/C17H25ClN2O2/c1-22-13-5-11-19-17(21)20-12-4-2-3-6-16(20)14-7-9-15(18)10-8-14/h7-10,16H,2-6,11-13H2,1H3,(H,19,21)/t16-/m0/s1. The zero-order valence-electron chi connectivity index (χ0n) is 13.2. The number of hydrogen-bond acceptors (Lipinski definition) is 2. The van der Waals surface area contributed by atoms with E-state index in [0.29, 0.717) is 13.2 Å². The van der Waals surface area contributed by atoms with E-state index in [4.69, 9.17) is 16.3 Å². The van der Waals surface area contributed by atoms with Gasteiger partial charge >= 0.3 is 6.03 Å². The first-order valence-electron chi connectivity index (χ1n) is 8.01. The molecular weight excluding hydrogens is 300 g/mol. The average Bonchev–Trinajstić information content (AvgIpc) is 2.78. The number of rotatable bonds is 5. The molecule has 2 amide bonds. The lowest BCUT2D eigenvalue weighted by Gasteiger charge is -2.30. The number of carbonyl (C=O) groups excluding carboxylic acids is 1. The van der Waals surface area contributed by atoms with Gasteiger partial charge in [-0.05, 0) is 37.0 Å². The smallest absolute Gasteiger partial charge is 0.317 e. The summed E-state index contributed by atoms with van der Waals surface area (Å²) in [5.41, 5.74) is 1.17. The molecule has 1 aromatic rings. The molecule has 2 rings (SSSR count). The van der Waals surface area contributed by atoms with Gasteiger partial charge < -0.3 is 15.0 Å². The highest BCUT2D eigenvalue weighted by molar-refractivity contribution is 6.30. The Labute approximate surface area is 137 Å². The second-order valence-electron chi connectivity index (χ2n) is 5.69. The van der Waals surface area contributed by atoms with Crippen LogP contribution in [0.3, 0.4) is 0 Å². The molecule has 1 N–H and O–H groups in total. The lowest BCUT2D eigenvalue weighted by molar-refractivity contribution is 0.170. The van der Waals surface area contributed by atoms with Gasteiger partial charge in [-0.25, -0.2) is 4.79 Å². The van der Waals surface area contributed by atoms with Crippen LogP contribution in [0.5, 0.6) is 0 Å². The van der Waals surface area contributed by atoms with E-state index in [2.05, 4.69) is 5.32 Å². The van der Waals surface area contributed by atoms with Crippen LogP contribution in [0.15, 0.2) is 24.3 Å². The summed E-state index contributed by atoms with van der Waals surface area (Å²) >= 11 is 5.98. The number of carbonyl (C=O) groups is 1. The third-order valence-corrected chi connectivity index (χ3v) is 4.32. The molecule has 0 aliphatic carbocycles. The number of nitrogens with zero attached hydrogens (tertiary/aromatic N) is 1. The fourth-order valence-corrected chi connectivity index (χ4v) is 3.02. The fourth-order valence-electron chi connectivity index (χ4n) is 2.90. The molecule has 0 spiro atoms. The first kappa shape index (κ1) is 17.1. The fraction of sp³-hybridized carbons (Fsp3) is 0.588. The van der Waals surface area contributed by atoms with Crippen LogP contribution in [0.4, 0.5) is 4.79 Å². The van der Waals surface area contributed by atoms with Crippen LogP contribution in [0, 0.1) is 0 Å². The monoisotopic (exact) mass is 324 g/mol. The van der Waals surface area contributed by atoms with E-state index in [-0.39, 0.29) is 12.1 Å². The summed E-state index contributed by atoms with van der Waals surface area (Å²) in [5.74, 6) is 0. The van der Waals surface area contributed by atoms with E-state index in [1.54, 1.807) is 7.11 Å². The number of ether oxygens (including phenoxy) is 1. The molecule has 1 aliphatic rings. The highest BCUT2D eigenvalue weighted by atomic mass is 35.5. The molecular formula is C17H25ClN2O2. The van der Waals surface area contributed by atoms with Crippen LogP contribution >= 0.6 is 11.6 Å². The molecule has 0 bridgehead atoms. The van der Waals surface area contributed by atoms with Crippen LogP contribution in [0.2, 0.25) is 5.02 Å². The predicted molar refractivity (Wildman–Crippen MR) is 89.3 cm³/mol. The zero-order valence-corrected chi connectivity index (χ0v) is 13.9. The molecule has 1 fully saturated rings. The van der Waals surface area contributed by atoms with Gasteiger partial charge in [0, 0.05) is 31.8 Å². The number of benzene rings is 1. The molecule has 5 heteroatoms. The molecule has 0 aromatic heterocycles. The maximum absolute atomic E-state index is 12.5. The normalized spacial score (nSPS) is 18.8. The second-order valence-corrected chi connectivity index (χ2v) is 6.12. The average molecular weight is 325 g/mol. The quantitative estimate of drug-likeness (QED) is 0.832. The van der Waals surface area contributed by atoms with Crippen molar-refractivity contribution < 1.29 is 9.53 Å². The molecule has 1 atom stereocenters. The summed E-state index contributed by atoms with van der Waals surface area (Å²) in [6, 6.07) is 8.03. The Bertz CT molecular complexity index is 464. The van der Waals surface area contributed by atoms with Crippen molar-refractivity contribution in [1.82, 2.24) is 10.2 Å². The third-order valence-electron chi connectivity index (χ3n) is 4.07. The van der Waals surface area contributed by atoms with Crippen molar-refractivity contribution in [2.75, 3.05) is 26.8 Å². The van der Waals surface area contributed by atoms with E-state index in [1.165, 1.54) is 12.0 Å². The summed E-state index contributed by atoms with van der Waals surface area (Å²) in [6.45, 7) is 2.13. The molecule has 1 aliphatic heterocycles. The van der Waals surface area contributed by atoms with Crippen molar-refractivity contribution >= 4 is 17.6 Å². The third kappa shape index (κ3) is 4.89. The predicted octanol–water partition coefficient (Wildman–Crippen LogP) is 4.00. The number of urea groups is 1. The summed E-state index contributed by atoms with van der Waals surface area (Å²) in [7, 11) is 1.67. The maximum Gasteiger partial charge on any atom is 0.317 e. The topological polar surface area (TPSA) is 41.6 Å².